The van der Waals surface area contributed by atoms with Crippen LogP contribution in [0.3, 0.4) is 0 Å². The van der Waals surface area contributed by atoms with Crippen LogP contribution >= 0.6 is 11.3 Å². The van der Waals surface area contributed by atoms with Crippen molar-refractivity contribution in [2.45, 2.75) is 51.6 Å². The molecule has 1 fully saturated rings. The van der Waals surface area contributed by atoms with Gasteiger partial charge in [-0.15, -0.1) is 11.3 Å². The average molecular weight is 254 g/mol. The molecule has 17 heavy (non-hydrogen) atoms. The average Bonchev–Trinajstić information content (AvgIpc) is 2.73. The first-order chi connectivity index (χ1) is 8.20. The molecule has 4 heteroatoms. The molecular formula is C13H22N2OS. The van der Waals surface area contributed by atoms with Gasteiger partial charge >= 0.3 is 0 Å². The van der Waals surface area contributed by atoms with Crippen molar-refractivity contribution >= 4 is 11.3 Å². The first kappa shape index (κ1) is 13.0. The fourth-order valence-corrected chi connectivity index (χ4v) is 3.35. The predicted molar refractivity (Wildman–Crippen MR) is 71.4 cm³/mol. The molecule has 3 nitrogen and oxygen atoms in total. The summed E-state index contributed by atoms with van der Waals surface area (Å²) in [7, 11) is 0. The van der Waals surface area contributed by atoms with Gasteiger partial charge < -0.3 is 5.11 Å². The van der Waals surface area contributed by atoms with Gasteiger partial charge in [0.25, 0.3) is 0 Å². The summed E-state index contributed by atoms with van der Waals surface area (Å²) in [6.07, 6.45) is 4.65. The molecule has 1 aliphatic rings. The minimum absolute atomic E-state index is 0.292. The van der Waals surface area contributed by atoms with Gasteiger partial charge in [0, 0.05) is 30.4 Å². The Morgan fingerprint density at radius 1 is 1.53 bits per heavy atom. The van der Waals surface area contributed by atoms with Crippen molar-refractivity contribution in [1.82, 2.24) is 9.88 Å². The van der Waals surface area contributed by atoms with Crippen molar-refractivity contribution in [2.75, 3.05) is 13.2 Å². The summed E-state index contributed by atoms with van der Waals surface area (Å²) in [5.41, 5.74) is 1.20. The van der Waals surface area contributed by atoms with Crippen LogP contribution in [0.4, 0.5) is 0 Å². The number of aryl methyl sites for hydroxylation is 1. The molecule has 1 aromatic rings. The Balaban J connectivity index is 1.91. The Hall–Kier alpha value is -0.450. The standard InChI is InChI=1S/C13H22N2OS/c1-10-4-3-5-13(8-16)15(10)7-6-12-9-17-11(2)14-12/h9-10,13,16H,3-8H2,1-2H3. The quantitative estimate of drug-likeness (QED) is 0.895. The maximum Gasteiger partial charge on any atom is 0.0897 e. The Morgan fingerprint density at radius 3 is 3.00 bits per heavy atom. The Kier molecular flexibility index (Phi) is 4.54. The third kappa shape index (κ3) is 3.27. The number of aliphatic hydroxyl groups is 1. The molecule has 0 radical (unpaired) electrons. The fourth-order valence-electron chi connectivity index (χ4n) is 2.71. The van der Waals surface area contributed by atoms with E-state index in [0.29, 0.717) is 18.7 Å². The first-order valence-electron chi connectivity index (χ1n) is 6.48. The number of hydrogen-bond donors (Lipinski definition) is 1. The van der Waals surface area contributed by atoms with E-state index >= 15 is 0 Å². The molecule has 96 valence electrons. The van der Waals surface area contributed by atoms with Crippen LogP contribution in [0.2, 0.25) is 0 Å². The number of piperidine rings is 1. The highest BCUT2D eigenvalue weighted by atomic mass is 32.1. The minimum atomic E-state index is 0.292. The number of hydrogen-bond acceptors (Lipinski definition) is 4. The summed E-state index contributed by atoms with van der Waals surface area (Å²) in [6.45, 7) is 5.64. The SMILES string of the molecule is Cc1nc(CCN2C(C)CCCC2CO)cs1. The zero-order valence-corrected chi connectivity index (χ0v) is 11.5. The molecule has 0 spiro atoms. The third-order valence-corrected chi connectivity index (χ3v) is 4.52. The van der Waals surface area contributed by atoms with E-state index in [0.717, 1.165) is 24.4 Å². The van der Waals surface area contributed by atoms with E-state index < -0.39 is 0 Å². The molecule has 0 bridgehead atoms. The van der Waals surface area contributed by atoms with Crippen molar-refractivity contribution in [2.24, 2.45) is 0 Å². The lowest BCUT2D eigenvalue weighted by atomic mass is 9.96. The molecular weight excluding hydrogens is 232 g/mol. The second kappa shape index (κ2) is 5.94. The van der Waals surface area contributed by atoms with Gasteiger partial charge in [-0.2, -0.15) is 0 Å². The molecule has 1 aliphatic heterocycles. The summed E-state index contributed by atoms with van der Waals surface area (Å²) < 4.78 is 0. The van der Waals surface area contributed by atoms with Crippen molar-refractivity contribution in [1.29, 1.82) is 0 Å². The van der Waals surface area contributed by atoms with Crippen molar-refractivity contribution in [3.05, 3.63) is 16.1 Å². The highest BCUT2D eigenvalue weighted by Crippen LogP contribution is 2.23. The van der Waals surface area contributed by atoms with Crippen molar-refractivity contribution < 1.29 is 5.11 Å². The van der Waals surface area contributed by atoms with E-state index in [-0.39, 0.29) is 0 Å². The van der Waals surface area contributed by atoms with Gasteiger partial charge in [0.2, 0.25) is 0 Å². The van der Waals surface area contributed by atoms with Crippen LogP contribution in [0, 0.1) is 6.92 Å². The first-order valence-corrected chi connectivity index (χ1v) is 7.36. The minimum Gasteiger partial charge on any atom is -0.395 e. The van der Waals surface area contributed by atoms with E-state index in [2.05, 4.69) is 22.2 Å². The Morgan fingerprint density at radius 2 is 2.35 bits per heavy atom. The van der Waals surface area contributed by atoms with E-state index in [1.54, 1.807) is 11.3 Å². The predicted octanol–water partition coefficient (Wildman–Crippen LogP) is 2.23. The smallest absolute Gasteiger partial charge is 0.0897 e. The lowest BCUT2D eigenvalue weighted by Crippen LogP contribution is -2.47. The van der Waals surface area contributed by atoms with Crippen LogP contribution in [0.1, 0.15) is 36.9 Å². The lowest BCUT2D eigenvalue weighted by Gasteiger charge is -2.39. The molecule has 0 saturated carbocycles. The molecule has 0 amide bonds. The number of aliphatic hydroxyl groups excluding tert-OH is 1. The largest absolute Gasteiger partial charge is 0.395 e. The summed E-state index contributed by atoms with van der Waals surface area (Å²) in [5.74, 6) is 0. The van der Waals surface area contributed by atoms with Gasteiger partial charge in [-0.25, -0.2) is 4.98 Å². The zero-order chi connectivity index (χ0) is 12.3. The van der Waals surface area contributed by atoms with Gasteiger partial charge in [-0.3, -0.25) is 4.90 Å². The molecule has 1 saturated heterocycles. The zero-order valence-electron chi connectivity index (χ0n) is 10.7. The summed E-state index contributed by atoms with van der Waals surface area (Å²) in [6, 6.07) is 0.958. The maximum absolute atomic E-state index is 9.43. The lowest BCUT2D eigenvalue weighted by molar-refractivity contribution is 0.0527. The highest BCUT2D eigenvalue weighted by molar-refractivity contribution is 7.09. The normalized spacial score (nSPS) is 26.3. The number of thiazole rings is 1. The van der Waals surface area contributed by atoms with Crippen molar-refractivity contribution in [3.63, 3.8) is 0 Å². The number of nitrogens with zero attached hydrogens (tertiary/aromatic N) is 2. The number of aromatic nitrogens is 1. The Labute approximate surface area is 107 Å². The van der Waals surface area contributed by atoms with E-state index in [1.165, 1.54) is 18.5 Å². The van der Waals surface area contributed by atoms with Gasteiger partial charge in [0.15, 0.2) is 0 Å². The molecule has 1 aromatic heterocycles. The fraction of sp³-hybridized carbons (Fsp3) is 0.769. The Bertz CT molecular complexity index is 353. The van der Waals surface area contributed by atoms with Gasteiger partial charge in [0.05, 0.1) is 17.3 Å². The summed E-state index contributed by atoms with van der Waals surface area (Å²) in [5, 5.41) is 12.7. The van der Waals surface area contributed by atoms with E-state index in [1.807, 2.05) is 6.92 Å². The molecule has 2 unspecified atom stereocenters. The topological polar surface area (TPSA) is 36.4 Å². The molecule has 0 aliphatic carbocycles. The van der Waals surface area contributed by atoms with Gasteiger partial charge in [0.1, 0.15) is 0 Å². The summed E-state index contributed by atoms with van der Waals surface area (Å²) in [4.78, 5) is 6.96. The second-order valence-corrected chi connectivity index (χ2v) is 6.02. The number of rotatable bonds is 4. The monoisotopic (exact) mass is 254 g/mol. The maximum atomic E-state index is 9.43. The van der Waals surface area contributed by atoms with Crippen molar-refractivity contribution in [3.8, 4) is 0 Å². The van der Waals surface area contributed by atoms with Crippen LogP contribution in [0.5, 0.6) is 0 Å². The van der Waals surface area contributed by atoms with E-state index in [9.17, 15) is 5.11 Å². The number of likely N-dealkylation sites (tertiary alicyclic amines) is 1. The summed E-state index contributed by atoms with van der Waals surface area (Å²) >= 11 is 1.72. The van der Waals surface area contributed by atoms with Gasteiger partial charge in [-0.05, 0) is 26.7 Å². The molecule has 1 N–H and O–H groups in total. The molecule has 2 rings (SSSR count). The third-order valence-electron chi connectivity index (χ3n) is 3.70. The molecule has 2 heterocycles. The van der Waals surface area contributed by atoms with Crippen LogP contribution in [-0.2, 0) is 6.42 Å². The van der Waals surface area contributed by atoms with E-state index in [4.69, 9.17) is 0 Å². The highest BCUT2D eigenvalue weighted by Gasteiger charge is 2.26. The van der Waals surface area contributed by atoms with Crippen LogP contribution in [0.15, 0.2) is 5.38 Å². The van der Waals surface area contributed by atoms with Crippen LogP contribution in [-0.4, -0.2) is 40.2 Å². The molecule has 2 atom stereocenters. The second-order valence-electron chi connectivity index (χ2n) is 4.96. The van der Waals surface area contributed by atoms with Crippen LogP contribution < -0.4 is 0 Å². The molecule has 0 aromatic carbocycles. The van der Waals surface area contributed by atoms with Gasteiger partial charge in [-0.1, -0.05) is 6.42 Å². The van der Waals surface area contributed by atoms with Crippen LogP contribution in [0.25, 0.3) is 0 Å².